The Morgan fingerprint density at radius 2 is 1.46 bits per heavy atom. The van der Waals surface area contributed by atoms with Gasteiger partial charge in [0.25, 0.3) is 0 Å². The van der Waals surface area contributed by atoms with Crippen LogP contribution in [0, 0.1) is 16.6 Å². The fraction of sp³-hybridized carbons (Fsp3) is 0.842. The minimum Gasteiger partial charge on any atom is -0.742 e. The van der Waals surface area contributed by atoms with Crippen LogP contribution in [0.15, 0.2) is 5.16 Å². The van der Waals surface area contributed by atoms with E-state index in [2.05, 4.69) is 47.5 Å². The van der Waals surface area contributed by atoms with Crippen molar-refractivity contribution in [2.24, 2.45) is 11.8 Å². The molecule has 1 heterocycles. The zero-order valence-electron chi connectivity index (χ0n) is 17.4. The number of nitrogens with zero attached hydrogens (tertiary/aromatic N) is 3. The summed E-state index contributed by atoms with van der Waals surface area (Å²) >= 11 is 10.4. The van der Waals surface area contributed by atoms with Gasteiger partial charge in [-0.1, -0.05) is 66.2 Å². The van der Waals surface area contributed by atoms with Crippen molar-refractivity contribution < 1.29 is 29.6 Å². The smallest absolute Gasteiger partial charge is 0.742 e. The standard InChI is InChI=1S/C19H36N4S2.Na/c1-5-9-11-15(7-3)13-23(14-16(8-4)12-10-6-2)17-20-18(24)22-19(25)21-17;/h15-16H,5-14H2,1-4H3,(H2,20,21,22,24,25);/q;+1/p-1. The molecule has 0 fully saturated rings. The maximum Gasteiger partial charge on any atom is 1.00 e. The average molecular weight is 407 g/mol. The molecule has 1 aromatic heterocycles. The summed E-state index contributed by atoms with van der Waals surface area (Å²) in [6, 6.07) is 0. The molecule has 0 aliphatic rings. The van der Waals surface area contributed by atoms with Crippen LogP contribution in [0.4, 0.5) is 5.95 Å². The predicted octanol–water partition coefficient (Wildman–Crippen LogP) is 2.68. The molecule has 0 aliphatic carbocycles. The van der Waals surface area contributed by atoms with Crippen LogP contribution in [0.25, 0.3) is 0 Å². The summed E-state index contributed by atoms with van der Waals surface area (Å²) in [6.07, 6.45) is 9.97. The first-order chi connectivity index (χ1) is 12.0. The molecule has 2 unspecified atom stereocenters. The Morgan fingerprint density at radius 1 is 0.962 bits per heavy atom. The number of H-pyrrole nitrogens is 1. The van der Waals surface area contributed by atoms with Gasteiger partial charge in [-0.2, -0.15) is 4.98 Å². The molecule has 0 bridgehead atoms. The quantitative estimate of drug-likeness (QED) is 0.310. The van der Waals surface area contributed by atoms with Gasteiger partial charge in [0, 0.05) is 13.1 Å². The van der Waals surface area contributed by atoms with Crippen molar-refractivity contribution in [3.05, 3.63) is 4.77 Å². The van der Waals surface area contributed by atoms with E-state index < -0.39 is 0 Å². The van der Waals surface area contributed by atoms with Crippen LogP contribution in [0.1, 0.15) is 79.1 Å². The second-order valence-corrected chi connectivity index (χ2v) is 7.75. The van der Waals surface area contributed by atoms with Crippen molar-refractivity contribution in [2.75, 3.05) is 18.0 Å². The summed E-state index contributed by atoms with van der Waals surface area (Å²) in [5.74, 6) is 2.15. The largest absolute Gasteiger partial charge is 1.00 e. The summed E-state index contributed by atoms with van der Waals surface area (Å²) in [5.41, 5.74) is 0. The third kappa shape index (κ3) is 9.98. The maximum absolute atomic E-state index is 5.23. The van der Waals surface area contributed by atoms with E-state index in [1.807, 2.05) is 0 Å². The van der Waals surface area contributed by atoms with E-state index in [-0.39, 0.29) is 29.6 Å². The molecule has 2 atom stereocenters. The van der Waals surface area contributed by atoms with E-state index in [1.54, 1.807) is 0 Å². The van der Waals surface area contributed by atoms with Gasteiger partial charge < -0.3 is 22.5 Å². The summed E-state index contributed by atoms with van der Waals surface area (Å²) in [7, 11) is 0. The number of aromatic nitrogens is 3. The molecule has 0 amide bonds. The average Bonchev–Trinajstić information content (AvgIpc) is 2.59. The van der Waals surface area contributed by atoms with Gasteiger partial charge in [-0.3, -0.25) is 0 Å². The fourth-order valence-electron chi connectivity index (χ4n) is 3.21. The van der Waals surface area contributed by atoms with Crippen LogP contribution >= 0.6 is 12.2 Å². The molecular weight excluding hydrogens is 371 g/mol. The van der Waals surface area contributed by atoms with Gasteiger partial charge in [-0.15, -0.1) is 0 Å². The molecule has 7 heteroatoms. The Kier molecular flexibility index (Phi) is 15.4. The minimum absolute atomic E-state index is 0. The van der Waals surface area contributed by atoms with Crippen LogP contribution in [-0.4, -0.2) is 28.0 Å². The molecule has 0 saturated carbocycles. The topological polar surface area (TPSA) is 44.8 Å². The van der Waals surface area contributed by atoms with Crippen LogP contribution in [0.2, 0.25) is 0 Å². The van der Waals surface area contributed by atoms with Crippen LogP contribution in [-0.2, 0) is 12.6 Å². The van der Waals surface area contributed by atoms with E-state index in [0.29, 0.717) is 21.8 Å². The van der Waals surface area contributed by atoms with Gasteiger partial charge in [-0.05, 0) is 42.1 Å². The van der Waals surface area contributed by atoms with Gasteiger partial charge in [0.1, 0.15) is 0 Å². The summed E-state index contributed by atoms with van der Waals surface area (Å²) < 4.78 is 0.340. The Balaban J connectivity index is 0.00000625. The molecule has 0 saturated heterocycles. The third-order valence-corrected chi connectivity index (χ3v) is 5.34. The second-order valence-electron chi connectivity index (χ2n) is 7.00. The van der Waals surface area contributed by atoms with E-state index >= 15 is 0 Å². The van der Waals surface area contributed by atoms with Gasteiger partial charge in [0.05, 0.1) is 0 Å². The van der Waals surface area contributed by atoms with Crippen LogP contribution in [0.3, 0.4) is 0 Å². The Bertz CT molecular complexity index is 521. The van der Waals surface area contributed by atoms with Crippen LogP contribution in [0.5, 0.6) is 0 Å². The van der Waals surface area contributed by atoms with Gasteiger partial charge in [0.15, 0.2) is 0 Å². The number of unbranched alkanes of at least 4 members (excludes halogenated alkanes) is 2. The molecule has 0 aliphatic heterocycles. The van der Waals surface area contributed by atoms with E-state index in [9.17, 15) is 0 Å². The second kappa shape index (κ2) is 15.2. The summed E-state index contributed by atoms with van der Waals surface area (Å²) in [5, 5.41) is 0.434. The molecule has 4 nitrogen and oxygen atoms in total. The minimum atomic E-state index is 0. The maximum atomic E-state index is 5.23. The molecule has 1 rings (SSSR count). The molecule has 1 aromatic rings. The molecular formula is C19H35N4NaS2. The van der Waals surface area contributed by atoms with Crippen molar-refractivity contribution in [1.29, 1.82) is 0 Å². The zero-order valence-corrected chi connectivity index (χ0v) is 21.0. The molecule has 0 aromatic carbocycles. The number of anilines is 1. The number of nitrogens with one attached hydrogen (secondary N) is 1. The normalized spacial score (nSPS) is 13.1. The van der Waals surface area contributed by atoms with Crippen molar-refractivity contribution in [1.82, 2.24) is 15.0 Å². The predicted molar refractivity (Wildman–Crippen MR) is 112 cm³/mol. The van der Waals surface area contributed by atoms with Crippen LogP contribution < -0.4 is 34.5 Å². The summed E-state index contributed by atoms with van der Waals surface area (Å²) in [6.45, 7) is 11.1. The monoisotopic (exact) mass is 406 g/mol. The molecule has 0 spiro atoms. The van der Waals surface area contributed by atoms with E-state index in [1.165, 1.54) is 51.4 Å². The van der Waals surface area contributed by atoms with E-state index in [4.69, 9.17) is 24.8 Å². The van der Waals surface area contributed by atoms with Crippen molar-refractivity contribution in [3.63, 3.8) is 0 Å². The Morgan fingerprint density at radius 3 is 1.85 bits per heavy atom. The zero-order chi connectivity index (χ0) is 18.7. The first-order valence-electron chi connectivity index (χ1n) is 9.94. The molecule has 1 N–H and O–H groups in total. The first kappa shape index (κ1) is 26.2. The fourth-order valence-corrected chi connectivity index (χ4v) is 3.62. The van der Waals surface area contributed by atoms with Gasteiger partial charge in [0.2, 0.25) is 10.7 Å². The first-order valence-corrected chi connectivity index (χ1v) is 10.8. The van der Waals surface area contributed by atoms with Crippen molar-refractivity contribution >= 4 is 30.8 Å². The number of hydrogen-bond donors (Lipinski definition) is 1. The molecule has 26 heavy (non-hydrogen) atoms. The molecule has 0 radical (unpaired) electrons. The number of hydrogen-bond acceptors (Lipinski definition) is 5. The van der Waals surface area contributed by atoms with Gasteiger partial charge >= 0.3 is 29.6 Å². The number of rotatable bonds is 13. The summed E-state index contributed by atoms with van der Waals surface area (Å²) in [4.78, 5) is 14.1. The van der Waals surface area contributed by atoms with E-state index in [0.717, 1.165) is 19.0 Å². The number of aromatic amines is 1. The van der Waals surface area contributed by atoms with Gasteiger partial charge in [-0.25, -0.2) is 4.98 Å². The SMILES string of the molecule is CCCCC(CC)CN(CC(CC)CCCC)c1nc(=S)nc([S-])[nH]1.[Na+]. The molecule has 144 valence electrons. The third-order valence-electron chi connectivity index (χ3n) is 4.96. The van der Waals surface area contributed by atoms with Crippen molar-refractivity contribution in [3.8, 4) is 0 Å². The van der Waals surface area contributed by atoms with Crippen molar-refractivity contribution in [2.45, 2.75) is 84.2 Å². The Labute approximate surface area is 193 Å². The Hall–Kier alpha value is 0.250.